The summed E-state index contributed by atoms with van der Waals surface area (Å²) >= 11 is 5.19. The van der Waals surface area contributed by atoms with E-state index in [0.29, 0.717) is 5.11 Å². The van der Waals surface area contributed by atoms with Crippen molar-refractivity contribution in [3.8, 4) is 0 Å². The van der Waals surface area contributed by atoms with Gasteiger partial charge in [0.05, 0.1) is 17.6 Å². The van der Waals surface area contributed by atoms with Gasteiger partial charge in [-0.25, -0.2) is 0 Å². The first-order valence-electron chi connectivity index (χ1n) is 6.65. The van der Waals surface area contributed by atoms with Crippen LogP contribution in [-0.2, 0) is 0 Å². The SMILES string of the molecule is C/C(=N/NC(=S)Nc1cccnc1)c1ccc(C)c(C)c1. The van der Waals surface area contributed by atoms with Gasteiger partial charge in [0.15, 0.2) is 5.11 Å². The Bertz CT molecular complexity index is 665. The second-order valence-corrected chi connectivity index (χ2v) is 5.21. The summed E-state index contributed by atoms with van der Waals surface area (Å²) in [6, 6.07) is 10.00. The molecule has 0 unspecified atom stereocenters. The summed E-state index contributed by atoms with van der Waals surface area (Å²) in [7, 11) is 0. The molecule has 0 fully saturated rings. The highest BCUT2D eigenvalue weighted by Crippen LogP contribution is 2.10. The summed E-state index contributed by atoms with van der Waals surface area (Å²) in [5.41, 5.74) is 8.15. The van der Waals surface area contributed by atoms with Crippen LogP contribution in [0.2, 0.25) is 0 Å². The number of aryl methyl sites for hydroxylation is 2. The van der Waals surface area contributed by atoms with E-state index in [0.717, 1.165) is 17.0 Å². The minimum atomic E-state index is 0.436. The molecule has 0 bridgehead atoms. The van der Waals surface area contributed by atoms with E-state index in [1.54, 1.807) is 12.4 Å². The fourth-order valence-corrected chi connectivity index (χ4v) is 1.92. The van der Waals surface area contributed by atoms with Crippen LogP contribution in [0.3, 0.4) is 0 Å². The molecule has 21 heavy (non-hydrogen) atoms. The summed E-state index contributed by atoms with van der Waals surface area (Å²) in [5.74, 6) is 0. The smallest absolute Gasteiger partial charge is 0.191 e. The molecule has 108 valence electrons. The number of benzene rings is 1. The number of hydrogen-bond acceptors (Lipinski definition) is 3. The van der Waals surface area contributed by atoms with Crippen molar-refractivity contribution in [3.05, 3.63) is 59.4 Å². The van der Waals surface area contributed by atoms with Crippen LogP contribution in [0.15, 0.2) is 47.8 Å². The lowest BCUT2D eigenvalue weighted by Gasteiger charge is -2.08. The first kappa shape index (κ1) is 15.1. The number of hydrogen-bond donors (Lipinski definition) is 2. The molecular formula is C16H18N4S. The molecule has 4 nitrogen and oxygen atoms in total. The predicted octanol–water partition coefficient (Wildman–Crippen LogP) is 3.41. The Labute approximate surface area is 130 Å². The third-order valence-corrected chi connectivity index (χ3v) is 3.36. The van der Waals surface area contributed by atoms with Crippen molar-refractivity contribution >= 4 is 28.7 Å². The minimum Gasteiger partial charge on any atom is -0.330 e. The Morgan fingerprint density at radius 3 is 2.67 bits per heavy atom. The Balaban J connectivity index is 1.99. The van der Waals surface area contributed by atoms with E-state index < -0.39 is 0 Å². The molecule has 5 heteroatoms. The Kier molecular flexibility index (Phi) is 5.00. The maximum Gasteiger partial charge on any atom is 0.191 e. The number of hydrazone groups is 1. The van der Waals surface area contributed by atoms with E-state index >= 15 is 0 Å². The topological polar surface area (TPSA) is 49.3 Å². The molecule has 0 saturated heterocycles. The third-order valence-electron chi connectivity index (χ3n) is 3.17. The monoisotopic (exact) mass is 298 g/mol. The average molecular weight is 298 g/mol. The maximum absolute atomic E-state index is 5.19. The quantitative estimate of drug-likeness (QED) is 0.518. The molecule has 0 amide bonds. The fourth-order valence-electron chi connectivity index (χ4n) is 1.76. The molecule has 0 saturated carbocycles. The molecule has 0 atom stereocenters. The normalized spacial score (nSPS) is 11.1. The molecule has 0 spiro atoms. The molecule has 0 aliphatic heterocycles. The average Bonchev–Trinajstić information content (AvgIpc) is 2.48. The van der Waals surface area contributed by atoms with E-state index in [4.69, 9.17) is 12.2 Å². The molecule has 0 radical (unpaired) electrons. The summed E-state index contributed by atoms with van der Waals surface area (Å²) < 4.78 is 0. The Hall–Kier alpha value is -2.27. The van der Waals surface area contributed by atoms with Crippen molar-refractivity contribution in [3.63, 3.8) is 0 Å². The molecule has 1 heterocycles. The van der Waals surface area contributed by atoms with E-state index in [-0.39, 0.29) is 0 Å². The van der Waals surface area contributed by atoms with Crippen molar-refractivity contribution < 1.29 is 0 Å². The highest BCUT2D eigenvalue weighted by Gasteiger charge is 2.01. The van der Waals surface area contributed by atoms with Gasteiger partial charge in [0.2, 0.25) is 0 Å². The zero-order valence-corrected chi connectivity index (χ0v) is 13.2. The van der Waals surface area contributed by atoms with Crippen LogP contribution < -0.4 is 10.7 Å². The van der Waals surface area contributed by atoms with Gasteiger partial charge in [-0.2, -0.15) is 5.10 Å². The van der Waals surface area contributed by atoms with Crippen molar-refractivity contribution in [1.82, 2.24) is 10.4 Å². The third kappa shape index (κ3) is 4.36. The first-order chi connectivity index (χ1) is 10.1. The van der Waals surface area contributed by atoms with Gasteiger partial charge in [-0.05, 0) is 67.9 Å². The van der Waals surface area contributed by atoms with Crippen molar-refractivity contribution in [1.29, 1.82) is 0 Å². The summed E-state index contributed by atoms with van der Waals surface area (Å²) in [6.45, 7) is 6.13. The van der Waals surface area contributed by atoms with Crippen LogP contribution in [0.5, 0.6) is 0 Å². The lowest BCUT2D eigenvalue weighted by molar-refractivity contribution is 1.04. The van der Waals surface area contributed by atoms with Crippen LogP contribution in [0.1, 0.15) is 23.6 Å². The molecule has 2 N–H and O–H groups in total. The molecular weight excluding hydrogens is 280 g/mol. The van der Waals surface area contributed by atoms with Gasteiger partial charge in [0.1, 0.15) is 0 Å². The standard InChI is InChI=1S/C16H18N4S/c1-11-6-7-14(9-12(11)2)13(3)19-20-16(21)18-15-5-4-8-17-10-15/h4-10H,1-3H3,(H2,18,20,21)/b19-13-. The minimum absolute atomic E-state index is 0.436. The number of anilines is 1. The lowest BCUT2D eigenvalue weighted by Crippen LogP contribution is -2.25. The van der Waals surface area contributed by atoms with Crippen LogP contribution >= 0.6 is 12.2 Å². The Morgan fingerprint density at radius 2 is 2.00 bits per heavy atom. The summed E-state index contributed by atoms with van der Waals surface area (Å²) in [5, 5.41) is 7.76. The molecule has 1 aromatic heterocycles. The van der Waals surface area contributed by atoms with E-state index in [1.807, 2.05) is 19.1 Å². The van der Waals surface area contributed by atoms with Gasteiger partial charge in [0.25, 0.3) is 0 Å². The van der Waals surface area contributed by atoms with E-state index in [9.17, 15) is 0 Å². The number of rotatable bonds is 3. The predicted molar refractivity (Wildman–Crippen MR) is 91.7 cm³/mol. The van der Waals surface area contributed by atoms with Gasteiger partial charge in [-0.1, -0.05) is 12.1 Å². The van der Waals surface area contributed by atoms with Gasteiger partial charge < -0.3 is 5.32 Å². The second-order valence-electron chi connectivity index (χ2n) is 4.80. The fraction of sp³-hybridized carbons (Fsp3) is 0.188. The highest BCUT2D eigenvalue weighted by atomic mass is 32.1. The molecule has 0 aliphatic rings. The van der Waals surface area contributed by atoms with Crippen LogP contribution in [0.25, 0.3) is 0 Å². The van der Waals surface area contributed by atoms with Crippen LogP contribution in [0.4, 0.5) is 5.69 Å². The van der Waals surface area contributed by atoms with Gasteiger partial charge in [-0.15, -0.1) is 0 Å². The lowest BCUT2D eigenvalue weighted by atomic mass is 10.0. The number of nitrogens with one attached hydrogen (secondary N) is 2. The summed E-state index contributed by atoms with van der Waals surface area (Å²) in [6.07, 6.45) is 3.41. The van der Waals surface area contributed by atoms with Crippen LogP contribution in [0, 0.1) is 13.8 Å². The van der Waals surface area contributed by atoms with Gasteiger partial charge in [-0.3, -0.25) is 10.4 Å². The van der Waals surface area contributed by atoms with Gasteiger partial charge >= 0.3 is 0 Å². The molecule has 2 aromatic rings. The maximum atomic E-state index is 5.19. The van der Waals surface area contributed by atoms with Crippen molar-refractivity contribution in [2.75, 3.05) is 5.32 Å². The largest absolute Gasteiger partial charge is 0.330 e. The van der Waals surface area contributed by atoms with Gasteiger partial charge in [0, 0.05) is 6.20 Å². The Morgan fingerprint density at radius 1 is 1.19 bits per heavy atom. The van der Waals surface area contributed by atoms with Crippen LogP contribution in [-0.4, -0.2) is 15.8 Å². The number of pyridine rings is 1. The summed E-state index contributed by atoms with van der Waals surface area (Å²) in [4.78, 5) is 4.01. The number of nitrogens with zero attached hydrogens (tertiary/aromatic N) is 2. The first-order valence-corrected chi connectivity index (χ1v) is 7.06. The number of aromatic nitrogens is 1. The van der Waals surface area contributed by atoms with Crippen molar-refractivity contribution in [2.24, 2.45) is 5.10 Å². The second kappa shape index (κ2) is 6.95. The van der Waals surface area contributed by atoms with Crippen molar-refractivity contribution in [2.45, 2.75) is 20.8 Å². The highest BCUT2D eigenvalue weighted by molar-refractivity contribution is 7.80. The molecule has 1 aromatic carbocycles. The number of thiocarbonyl (C=S) groups is 1. The zero-order valence-electron chi connectivity index (χ0n) is 12.3. The zero-order chi connectivity index (χ0) is 15.2. The van der Waals surface area contributed by atoms with E-state index in [1.165, 1.54) is 11.1 Å². The van der Waals surface area contributed by atoms with E-state index in [2.05, 4.69) is 52.9 Å². The molecule has 0 aliphatic carbocycles. The molecule has 2 rings (SSSR count).